The van der Waals surface area contributed by atoms with Crippen LogP contribution in [0.5, 0.6) is 0 Å². The maximum absolute atomic E-state index is 10.7. The van der Waals surface area contributed by atoms with E-state index in [1.807, 2.05) is 25.1 Å². The molecule has 112 valence electrons. The molecule has 1 aromatic heterocycles. The number of aryl methyl sites for hydroxylation is 1. The fraction of sp³-hybridized carbons (Fsp3) is 0.500. The van der Waals surface area contributed by atoms with E-state index in [0.717, 1.165) is 41.0 Å². The molecule has 0 bridgehead atoms. The summed E-state index contributed by atoms with van der Waals surface area (Å²) in [5, 5.41) is 15.3. The molecule has 2 N–H and O–H groups in total. The van der Waals surface area contributed by atoms with Gasteiger partial charge in [-0.1, -0.05) is 25.5 Å². The molecule has 3 rings (SSSR count). The lowest BCUT2D eigenvalue weighted by atomic mass is 9.86. The van der Waals surface area contributed by atoms with Crippen LogP contribution in [0.3, 0.4) is 0 Å². The Labute approximate surface area is 126 Å². The summed E-state index contributed by atoms with van der Waals surface area (Å²) in [5.74, 6) is 0.732. The topological polar surface area (TPSA) is 45.1 Å². The van der Waals surface area contributed by atoms with Crippen LogP contribution in [0.4, 0.5) is 0 Å². The molecule has 21 heavy (non-hydrogen) atoms. The van der Waals surface area contributed by atoms with Crippen molar-refractivity contribution in [2.45, 2.75) is 45.3 Å². The van der Waals surface area contributed by atoms with Gasteiger partial charge in [0, 0.05) is 17.1 Å². The van der Waals surface area contributed by atoms with Gasteiger partial charge in [0.05, 0.1) is 11.6 Å². The molecule has 0 saturated carbocycles. The molecule has 0 amide bonds. The number of pyridine rings is 1. The molecule has 1 aliphatic rings. The van der Waals surface area contributed by atoms with Crippen molar-refractivity contribution in [3.05, 3.63) is 41.6 Å². The summed E-state index contributed by atoms with van der Waals surface area (Å²) in [6, 6.07) is 10.4. The average Bonchev–Trinajstić information content (AvgIpc) is 2.53. The van der Waals surface area contributed by atoms with Gasteiger partial charge in [0.1, 0.15) is 0 Å². The number of piperidine rings is 1. The molecular weight excluding hydrogens is 260 g/mol. The summed E-state index contributed by atoms with van der Waals surface area (Å²) in [7, 11) is 0. The summed E-state index contributed by atoms with van der Waals surface area (Å²) in [6.45, 7) is 5.25. The largest absolute Gasteiger partial charge is 0.387 e. The predicted octanol–water partition coefficient (Wildman–Crippen LogP) is 3.35. The van der Waals surface area contributed by atoms with E-state index >= 15 is 0 Å². The van der Waals surface area contributed by atoms with Crippen molar-refractivity contribution in [2.24, 2.45) is 5.92 Å². The third kappa shape index (κ3) is 3.09. The first-order chi connectivity index (χ1) is 10.2. The number of aliphatic hydroxyl groups is 1. The van der Waals surface area contributed by atoms with Gasteiger partial charge in [0.15, 0.2) is 0 Å². The quantitative estimate of drug-likeness (QED) is 0.908. The summed E-state index contributed by atoms with van der Waals surface area (Å²) >= 11 is 0. The molecule has 1 saturated heterocycles. The monoisotopic (exact) mass is 284 g/mol. The maximum Gasteiger partial charge on any atom is 0.0943 e. The summed E-state index contributed by atoms with van der Waals surface area (Å²) in [4.78, 5) is 4.52. The number of aliphatic hydroxyl groups excluding tert-OH is 1. The van der Waals surface area contributed by atoms with E-state index in [1.54, 1.807) is 0 Å². The Morgan fingerprint density at radius 1 is 1.33 bits per heavy atom. The van der Waals surface area contributed by atoms with Gasteiger partial charge in [-0.05, 0) is 56.0 Å². The zero-order chi connectivity index (χ0) is 14.8. The van der Waals surface area contributed by atoms with Gasteiger partial charge in [0.2, 0.25) is 0 Å². The Balaban J connectivity index is 1.83. The van der Waals surface area contributed by atoms with Crippen LogP contribution in [0.1, 0.15) is 43.5 Å². The number of hydrogen-bond acceptors (Lipinski definition) is 3. The average molecular weight is 284 g/mol. The Bertz CT molecular complexity index is 626. The van der Waals surface area contributed by atoms with E-state index in [-0.39, 0.29) is 6.04 Å². The highest BCUT2D eigenvalue weighted by atomic mass is 16.3. The van der Waals surface area contributed by atoms with Crippen molar-refractivity contribution in [1.82, 2.24) is 10.3 Å². The molecule has 0 spiro atoms. The van der Waals surface area contributed by atoms with Gasteiger partial charge >= 0.3 is 0 Å². The number of nitrogens with zero attached hydrogens (tertiary/aromatic N) is 1. The molecule has 3 unspecified atom stereocenters. The van der Waals surface area contributed by atoms with Gasteiger partial charge in [0.25, 0.3) is 0 Å². The third-order valence-electron chi connectivity index (χ3n) is 4.70. The lowest BCUT2D eigenvalue weighted by Gasteiger charge is -2.33. The normalized spacial score (nSPS) is 24.1. The van der Waals surface area contributed by atoms with Gasteiger partial charge in [-0.3, -0.25) is 4.98 Å². The van der Waals surface area contributed by atoms with Crippen LogP contribution in [-0.4, -0.2) is 22.7 Å². The summed E-state index contributed by atoms with van der Waals surface area (Å²) < 4.78 is 0. The minimum absolute atomic E-state index is 0.166. The van der Waals surface area contributed by atoms with E-state index < -0.39 is 6.10 Å². The zero-order valence-corrected chi connectivity index (χ0v) is 12.8. The first-order valence-electron chi connectivity index (χ1n) is 7.96. The molecule has 3 nitrogen and oxygen atoms in total. The lowest BCUT2D eigenvalue weighted by Crippen LogP contribution is -2.42. The van der Waals surface area contributed by atoms with Crippen molar-refractivity contribution in [2.75, 3.05) is 6.54 Å². The molecule has 0 radical (unpaired) electrons. The molecule has 2 aromatic rings. The van der Waals surface area contributed by atoms with Crippen LogP contribution in [-0.2, 0) is 0 Å². The number of aromatic nitrogens is 1. The third-order valence-corrected chi connectivity index (χ3v) is 4.70. The highest BCUT2D eigenvalue weighted by Gasteiger charge is 2.27. The minimum Gasteiger partial charge on any atom is -0.387 e. The van der Waals surface area contributed by atoms with Gasteiger partial charge < -0.3 is 10.4 Å². The van der Waals surface area contributed by atoms with Crippen LogP contribution in [0, 0.1) is 12.8 Å². The van der Waals surface area contributed by atoms with E-state index in [4.69, 9.17) is 0 Å². The van der Waals surface area contributed by atoms with Crippen LogP contribution in [0.15, 0.2) is 30.3 Å². The molecule has 1 aliphatic heterocycles. The van der Waals surface area contributed by atoms with Crippen molar-refractivity contribution in [3.8, 4) is 0 Å². The standard InChI is InChI=1S/C18H24N2O/c1-3-13-8-9-19-17(10-13)18(21)15-6-7-16-14(11-15)5-4-12(2)20-16/h4-7,11,13,17-19,21H,3,8-10H2,1-2H3. The SMILES string of the molecule is CCC1CCNC(C(O)c2ccc3nc(C)ccc3c2)C1. The molecule has 3 heteroatoms. The fourth-order valence-electron chi connectivity index (χ4n) is 3.31. The summed E-state index contributed by atoms with van der Waals surface area (Å²) in [5.41, 5.74) is 3.01. The fourth-order valence-corrected chi connectivity index (χ4v) is 3.31. The molecular formula is C18H24N2O. The molecule has 1 fully saturated rings. The first-order valence-corrected chi connectivity index (χ1v) is 7.96. The van der Waals surface area contributed by atoms with Crippen LogP contribution < -0.4 is 5.32 Å². The van der Waals surface area contributed by atoms with Gasteiger partial charge in [-0.15, -0.1) is 0 Å². The van der Waals surface area contributed by atoms with Crippen LogP contribution >= 0.6 is 0 Å². The summed E-state index contributed by atoms with van der Waals surface area (Å²) in [6.07, 6.45) is 3.04. The van der Waals surface area contributed by atoms with Crippen LogP contribution in [0.25, 0.3) is 10.9 Å². The minimum atomic E-state index is -0.440. The molecule has 3 atom stereocenters. The first kappa shape index (κ1) is 14.5. The maximum atomic E-state index is 10.7. The molecule has 2 heterocycles. The van der Waals surface area contributed by atoms with E-state index in [0.29, 0.717) is 0 Å². The van der Waals surface area contributed by atoms with Crippen molar-refractivity contribution in [3.63, 3.8) is 0 Å². The lowest BCUT2D eigenvalue weighted by molar-refractivity contribution is 0.0980. The Morgan fingerprint density at radius 3 is 3.00 bits per heavy atom. The van der Waals surface area contributed by atoms with E-state index in [2.05, 4.69) is 29.4 Å². The smallest absolute Gasteiger partial charge is 0.0943 e. The second-order valence-corrected chi connectivity index (χ2v) is 6.21. The molecule has 0 aliphatic carbocycles. The Kier molecular flexibility index (Phi) is 4.22. The van der Waals surface area contributed by atoms with Crippen LogP contribution in [0.2, 0.25) is 0 Å². The van der Waals surface area contributed by atoms with Gasteiger partial charge in [-0.2, -0.15) is 0 Å². The number of hydrogen-bond donors (Lipinski definition) is 2. The second-order valence-electron chi connectivity index (χ2n) is 6.21. The number of rotatable bonds is 3. The zero-order valence-electron chi connectivity index (χ0n) is 12.8. The van der Waals surface area contributed by atoms with Gasteiger partial charge in [-0.25, -0.2) is 0 Å². The second kappa shape index (κ2) is 6.12. The van der Waals surface area contributed by atoms with Crippen molar-refractivity contribution < 1.29 is 5.11 Å². The number of fused-ring (bicyclic) bond motifs is 1. The predicted molar refractivity (Wildman–Crippen MR) is 86.2 cm³/mol. The highest BCUT2D eigenvalue weighted by molar-refractivity contribution is 5.79. The highest BCUT2D eigenvalue weighted by Crippen LogP contribution is 2.29. The van der Waals surface area contributed by atoms with Crippen molar-refractivity contribution >= 4 is 10.9 Å². The Morgan fingerprint density at radius 2 is 2.19 bits per heavy atom. The Hall–Kier alpha value is -1.45. The molecule has 1 aromatic carbocycles. The van der Waals surface area contributed by atoms with E-state index in [1.165, 1.54) is 12.8 Å². The van der Waals surface area contributed by atoms with E-state index in [9.17, 15) is 5.11 Å². The van der Waals surface area contributed by atoms with Crippen molar-refractivity contribution in [1.29, 1.82) is 0 Å². The number of nitrogens with one attached hydrogen (secondary N) is 1. The number of benzene rings is 1.